The van der Waals surface area contributed by atoms with Crippen molar-refractivity contribution in [2.24, 2.45) is 0 Å². The van der Waals surface area contributed by atoms with Crippen LogP contribution in [0.15, 0.2) is 67.1 Å². The summed E-state index contributed by atoms with van der Waals surface area (Å²) >= 11 is 0. The number of alkyl halides is 3. The Kier molecular flexibility index (Phi) is 5.62. The number of benzene rings is 2. The Bertz CT molecular complexity index is 1360. The molecule has 0 spiro atoms. The predicted octanol–water partition coefficient (Wildman–Crippen LogP) is 4.78. The fourth-order valence-corrected chi connectivity index (χ4v) is 3.38. The second-order valence-corrected chi connectivity index (χ2v) is 7.00. The van der Waals surface area contributed by atoms with Gasteiger partial charge in [-0.15, -0.1) is 4.80 Å². The van der Waals surface area contributed by atoms with Gasteiger partial charge in [0, 0.05) is 5.56 Å². The molecule has 4 aromatic rings. The highest BCUT2D eigenvalue weighted by Crippen LogP contribution is 2.34. The molecule has 4 rings (SSSR count). The normalized spacial score (nSPS) is 11.1. The molecule has 1 N–H and O–H groups in total. The van der Waals surface area contributed by atoms with Crippen molar-refractivity contribution in [2.45, 2.75) is 13.1 Å². The summed E-state index contributed by atoms with van der Waals surface area (Å²) in [6, 6.07) is 15.3. The van der Waals surface area contributed by atoms with Crippen LogP contribution in [0, 0.1) is 18.3 Å². The first-order valence-corrected chi connectivity index (χ1v) is 9.64. The van der Waals surface area contributed by atoms with Crippen LogP contribution in [0.2, 0.25) is 0 Å². The molecule has 1 amide bonds. The summed E-state index contributed by atoms with van der Waals surface area (Å²) in [5, 5.41) is 19.5. The van der Waals surface area contributed by atoms with Crippen molar-refractivity contribution < 1.29 is 18.0 Å². The van der Waals surface area contributed by atoms with E-state index in [1.807, 2.05) is 30.3 Å². The number of anilines is 1. The molecule has 0 saturated carbocycles. The average Bonchev–Trinajstić information content (AvgIpc) is 3.33. The molecule has 33 heavy (non-hydrogen) atoms. The molecule has 0 atom stereocenters. The van der Waals surface area contributed by atoms with E-state index in [4.69, 9.17) is 0 Å². The van der Waals surface area contributed by atoms with E-state index in [0.717, 1.165) is 22.6 Å². The smallest absolute Gasteiger partial charge is 0.321 e. The monoisotopic (exact) mass is 448 g/mol. The van der Waals surface area contributed by atoms with E-state index in [-0.39, 0.29) is 11.3 Å². The largest absolute Gasteiger partial charge is 0.420 e. The number of amides is 1. The Morgan fingerprint density at radius 3 is 2.42 bits per heavy atom. The zero-order valence-corrected chi connectivity index (χ0v) is 17.1. The molecule has 2 heterocycles. The maximum atomic E-state index is 13.6. The summed E-state index contributed by atoms with van der Waals surface area (Å²) in [7, 11) is 0. The van der Waals surface area contributed by atoms with Gasteiger partial charge in [-0.05, 0) is 35.7 Å². The van der Waals surface area contributed by atoms with Crippen LogP contribution in [0.4, 0.5) is 18.9 Å². The van der Waals surface area contributed by atoms with E-state index in [0.29, 0.717) is 16.7 Å². The minimum absolute atomic E-state index is 0.159. The number of aromatic nitrogens is 4. The molecule has 10 heteroatoms. The van der Waals surface area contributed by atoms with Crippen molar-refractivity contribution in [3.63, 3.8) is 0 Å². The third kappa shape index (κ3) is 4.29. The Morgan fingerprint density at radius 1 is 1.09 bits per heavy atom. The van der Waals surface area contributed by atoms with Crippen LogP contribution in [0.1, 0.15) is 27.0 Å². The number of pyridine rings is 1. The van der Waals surface area contributed by atoms with Gasteiger partial charge in [0.15, 0.2) is 5.82 Å². The van der Waals surface area contributed by atoms with Crippen LogP contribution in [0.25, 0.3) is 16.9 Å². The number of hydrogen-bond donors (Lipinski definition) is 1. The number of carbonyl (C=O) groups excluding carboxylic acids is 1. The highest BCUT2D eigenvalue weighted by molar-refractivity contribution is 6.06. The zero-order valence-electron chi connectivity index (χ0n) is 17.1. The third-order valence-corrected chi connectivity index (χ3v) is 4.94. The van der Waals surface area contributed by atoms with Gasteiger partial charge in [0.05, 0.1) is 29.8 Å². The van der Waals surface area contributed by atoms with E-state index >= 15 is 0 Å². The highest BCUT2D eigenvalue weighted by Gasteiger charge is 2.36. The lowest BCUT2D eigenvalue weighted by atomic mass is 9.93. The van der Waals surface area contributed by atoms with Gasteiger partial charge in [-0.1, -0.05) is 36.4 Å². The second-order valence-electron chi connectivity index (χ2n) is 7.00. The second kappa shape index (κ2) is 8.55. The third-order valence-electron chi connectivity index (χ3n) is 4.94. The zero-order chi connectivity index (χ0) is 23.6. The number of nitrogens with one attached hydrogen (secondary N) is 1. The van der Waals surface area contributed by atoms with Gasteiger partial charge in [-0.25, -0.2) is 4.98 Å². The topological polar surface area (TPSA) is 96.5 Å². The minimum atomic E-state index is -4.75. The van der Waals surface area contributed by atoms with E-state index in [1.54, 1.807) is 13.0 Å². The van der Waals surface area contributed by atoms with Crippen LogP contribution in [0.5, 0.6) is 0 Å². The average molecular weight is 448 g/mol. The quantitative estimate of drug-likeness (QED) is 0.485. The molecule has 0 aliphatic heterocycles. The van der Waals surface area contributed by atoms with Gasteiger partial charge < -0.3 is 5.32 Å². The summed E-state index contributed by atoms with van der Waals surface area (Å²) in [4.78, 5) is 17.4. The predicted molar refractivity (Wildman–Crippen MR) is 113 cm³/mol. The maximum Gasteiger partial charge on any atom is 0.420 e. The van der Waals surface area contributed by atoms with Crippen LogP contribution in [-0.4, -0.2) is 25.9 Å². The van der Waals surface area contributed by atoms with E-state index < -0.39 is 23.5 Å². The summed E-state index contributed by atoms with van der Waals surface area (Å²) in [5.41, 5.74) is 1.09. The van der Waals surface area contributed by atoms with Crippen molar-refractivity contribution >= 4 is 11.6 Å². The fourth-order valence-electron chi connectivity index (χ4n) is 3.38. The number of nitrogens with zero attached hydrogens (tertiary/aromatic N) is 5. The summed E-state index contributed by atoms with van der Waals surface area (Å²) in [6.45, 7) is 1.62. The van der Waals surface area contributed by atoms with E-state index in [2.05, 4.69) is 26.6 Å². The van der Waals surface area contributed by atoms with E-state index in [1.165, 1.54) is 18.5 Å². The van der Waals surface area contributed by atoms with Gasteiger partial charge in [0.2, 0.25) is 0 Å². The summed E-state index contributed by atoms with van der Waals surface area (Å²) in [6.07, 6.45) is -1.21. The molecule has 7 nitrogen and oxygen atoms in total. The van der Waals surface area contributed by atoms with Crippen molar-refractivity contribution in [2.75, 3.05) is 5.32 Å². The van der Waals surface area contributed by atoms with Crippen LogP contribution < -0.4 is 5.32 Å². The standard InChI is InChI=1S/C23H15F3N6O/c1-14-17(7-8-18(19(14)12-27)15-5-3-2-4-6-15)22(33)31-16-11-20(23(24,25)26)21(28-13-16)32-29-9-10-30-32/h2-11,13H,1H3,(H,31,33). The number of halogens is 3. The minimum Gasteiger partial charge on any atom is -0.321 e. The fraction of sp³-hybridized carbons (Fsp3) is 0.0870. The highest BCUT2D eigenvalue weighted by atomic mass is 19.4. The molecular weight excluding hydrogens is 433 g/mol. The van der Waals surface area contributed by atoms with Crippen molar-refractivity contribution in [1.29, 1.82) is 5.26 Å². The Balaban J connectivity index is 1.68. The number of rotatable bonds is 4. The van der Waals surface area contributed by atoms with Crippen molar-refractivity contribution in [3.8, 4) is 23.0 Å². The first-order valence-electron chi connectivity index (χ1n) is 9.64. The Hall–Kier alpha value is -4.52. The summed E-state index contributed by atoms with van der Waals surface area (Å²) < 4.78 is 40.8. The van der Waals surface area contributed by atoms with Gasteiger partial charge in [0.1, 0.15) is 11.6 Å². The van der Waals surface area contributed by atoms with Gasteiger partial charge in [0.25, 0.3) is 5.91 Å². The van der Waals surface area contributed by atoms with Gasteiger partial charge >= 0.3 is 6.18 Å². The number of carbonyl (C=O) groups is 1. The Labute approximate surface area is 186 Å². The molecule has 2 aromatic carbocycles. The van der Waals surface area contributed by atoms with Crippen molar-refractivity contribution in [1.82, 2.24) is 20.0 Å². The van der Waals surface area contributed by atoms with E-state index in [9.17, 15) is 23.2 Å². The lowest BCUT2D eigenvalue weighted by Crippen LogP contribution is -2.18. The van der Waals surface area contributed by atoms with Crippen LogP contribution >= 0.6 is 0 Å². The molecule has 0 fully saturated rings. The SMILES string of the molecule is Cc1c(C(=O)Nc2cnc(-n3nccn3)c(C(F)(F)F)c2)ccc(-c2ccccc2)c1C#N. The van der Waals surface area contributed by atoms with Gasteiger partial charge in [-0.3, -0.25) is 4.79 Å². The number of nitriles is 1. The molecule has 0 bridgehead atoms. The molecule has 0 aliphatic carbocycles. The Morgan fingerprint density at radius 2 is 1.79 bits per heavy atom. The lowest BCUT2D eigenvalue weighted by molar-refractivity contribution is -0.137. The molecule has 2 aromatic heterocycles. The van der Waals surface area contributed by atoms with Crippen LogP contribution in [0.3, 0.4) is 0 Å². The first kappa shape index (κ1) is 21.7. The molecular formula is C23H15F3N6O. The molecule has 0 radical (unpaired) electrons. The van der Waals surface area contributed by atoms with Gasteiger partial charge in [-0.2, -0.15) is 28.6 Å². The molecule has 0 saturated heterocycles. The maximum absolute atomic E-state index is 13.6. The first-order chi connectivity index (χ1) is 15.8. The number of hydrogen-bond acceptors (Lipinski definition) is 5. The van der Waals surface area contributed by atoms with Crippen LogP contribution in [-0.2, 0) is 6.18 Å². The summed E-state index contributed by atoms with van der Waals surface area (Å²) in [5.74, 6) is -1.18. The van der Waals surface area contributed by atoms with Crippen molar-refractivity contribution in [3.05, 3.63) is 89.4 Å². The molecule has 0 aliphatic rings. The molecule has 0 unspecified atom stereocenters. The molecule has 164 valence electrons. The lowest BCUT2D eigenvalue weighted by Gasteiger charge is -2.15.